The Bertz CT molecular complexity index is 198. The van der Waals surface area contributed by atoms with Crippen molar-refractivity contribution in [3.05, 3.63) is 0 Å². The molecule has 2 amide bonds. The van der Waals surface area contributed by atoms with Crippen molar-refractivity contribution in [3.63, 3.8) is 0 Å². The first-order valence-electron chi connectivity index (χ1n) is 4.60. The number of rotatable bonds is 4. The maximum absolute atomic E-state index is 11.8. The number of alkyl halides is 2. The topological polar surface area (TPSA) is 61.4 Å². The molecule has 14 heavy (non-hydrogen) atoms. The van der Waals surface area contributed by atoms with Gasteiger partial charge in [0.15, 0.2) is 0 Å². The fraction of sp³-hybridized carbons (Fsp3) is 0.875. The molecule has 0 aliphatic heterocycles. The molecular weight excluding hydrogens is 194 g/mol. The van der Waals surface area contributed by atoms with Crippen LogP contribution in [0, 0.1) is 0 Å². The van der Waals surface area contributed by atoms with Gasteiger partial charge in [0.05, 0.1) is 6.54 Å². The van der Waals surface area contributed by atoms with E-state index in [4.69, 9.17) is 5.11 Å². The second kappa shape index (κ2) is 5.09. The zero-order valence-electron chi connectivity index (χ0n) is 7.67. The van der Waals surface area contributed by atoms with Gasteiger partial charge in [-0.15, -0.1) is 0 Å². The fourth-order valence-corrected chi connectivity index (χ4v) is 1.08. The van der Waals surface area contributed by atoms with Crippen LogP contribution in [-0.2, 0) is 0 Å². The van der Waals surface area contributed by atoms with Crippen LogP contribution in [0.25, 0.3) is 0 Å². The van der Waals surface area contributed by atoms with Crippen molar-refractivity contribution in [2.45, 2.75) is 37.8 Å². The Kier molecular flexibility index (Phi) is 4.06. The summed E-state index contributed by atoms with van der Waals surface area (Å²) in [6.07, 6.45) is -1.65. The van der Waals surface area contributed by atoms with Crippen molar-refractivity contribution < 1.29 is 18.7 Å². The van der Waals surface area contributed by atoms with E-state index >= 15 is 0 Å². The Morgan fingerprint density at radius 1 is 1.50 bits per heavy atom. The van der Waals surface area contributed by atoms with Crippen molar-refractivity contribution >= 4 is 6.03 Å². The van der Waals surface area contributed by atoms with Gasteiger partial charge in [0.25, 0.3) is 6.43 Å². The third-order valence-electron chi connectivity index (χ3n) is 2.20. The highest BCUT2D eigenvalue weighted by Gasteiger charge is 2.21. The lowest BCUT2D eigenvalue weighted by Gasteiger charge is -2.26. The van der Waals surface area contributed by atoms with Crippen LogP contribution >= 0.6 is 0 Å². The normalized spacial score (nSPS) is 18.9. The lowest BCUT2D eigenvalue weighted by Crippen LogP contribution is -2.47. The Hall–Kier alpha value is -0.910. The molecule has 0 radical (unpaired) electrons. The standard InChI is InChI=1S/C8H14F2N2O2/c9-7(10)6(13)4-11-8(14)12-5-2-1-3-5/h5-7,13H,1-4H2,(H2,11,12,14). The van der Waals surface area contributed by atoms with E-state index in [0.29, 0.717) is 0 Å². The molecule has 0 aromatic heterocycles. The van der Waals surface area contributed by atoms with E-state index in [1.54, 1.807) is 0 Å². The summed E-state index contributed by atoms with van der Waals surface area (Å²) in [4.78, 5) is 11.0. The Labute approximate surface area is 80.7 Å². The average Bonchev–Trinajstić information content (AvgIpc) is 2.07. The van der Waals surface area contributed by atoms with Gasteiger partial charge in [0.2, 0.25) is 0 Å². The zero-order valence-corrected chi connectivity index (χ0v) is 7.67. The van der Waals surface area contributed by atoms with Gasteiger partial charge in [-0.25, -0.2) is 13.6 Å². The molecule has 1 unspecified atom stereocenters. The van der Waals surface area contributed by atoms with E-state index < -0.39 is 25.1 Å². The number of hydrogen-bond donors (Lipinski definition) is 3. The van der Waals surface area contributed by atoms with Crippen LogP contribution in [0.5, 0.6) is 0 Å². The Morgan fingerprint density at radius 3 is 2.57 bits per heavy atom. The minimum absolute atomic E-state index is 0.165. The van der Waals surface area contributed by atoms with Crippen LogP contribution in [-0.4, -0.2) is 36.3 Å². The maximum atomic E-state index is 11.8. The SMILES string of the molecule is O=C(NCC(O)C(F)F)NC1CCC1. The molecule has 1 aliphatic rings. The van der Waals surface area contributed by atoms with Gasteiger partial charge in [-0.05, 0) is 19.3 Å². The van der Waals surface area contributed by atoms with Crippen molar-refractivity contribution in [3.8, 4) is 0 Å². The molecule has 0 bridgehead atoms. The number of aliphatic hydroxyl groups excluding tert-OH is 1. The summed E-state index contributed by atoms with van der Waals surface area (Å²) in [5.74, 6) is 0. The van der Waals surface area contributed by atoms with E-state index in [1.165, 1.54) is 0 Å². The largest absolute Gasteiger partial charge is 0.385 e. The Balaban J connectivity index is 2.07. The maximum Gasteiger partial charge on any atom is 0.315 e. The average molecular weight is 208 g/mol. The molecule has 1 saturated carbocycles. The highest BCUT2D eigenvalue weighted by molar-refractivity contribution is 5.74. The first kappa shape index (κ1) is 11.2. The van der Waals surface area contributed by atoms with E-state index in [2.05, 4.69) is 10.6 Å². The minimum atomic E-state index is -2.82. The molecule has 0 aromatic carbocycles. The van der Waals surface area contributed by atoms with Crippen molar-refractivity contribution in [1.82, 2.24) is 10.6 Å². The number of carbonyl (C=O) groups excluding carboxylic acids is 1. The summed E-state index contributed by atoms with van der Waals surface area (Å²) in [6, 6.07) is -0.326. The van der Waals surface area contributed by atoms with Crippen LogP contribution in [0.3, 0.4) is 0 Å². The van der Waals surface area contributed by atoms with E-state index in [-0.39, 0.29) is 6.04 Å². The third kappa shape index (κ3) is 3.45. The molecule has 0 saturated heterocycles. The van der Waals surface area contributed by atoms with Crippen LogP contribution in [0.2, 0.25) is 0 Å². The molecule has 0 spiro atoms. The van der Waals surface area contributed by atoms with Gasteiger partial charge in [0, 0.05) is 6.04 Å². The molecule has 82 valence electrons. The lowest BCUT2D eigenvalue weighted by molar-refractivity contribution is -0.00182. The number of halogens is 2. The van der Waals surface area contributed by atoms with Gasteiger partial charge in [-0.3, -0.25) is 0 Å². The van der Waals surface area contributed by atoms with Gasteiger partial charge >= 0.3 is 6.03 Å². The highest BCUT2D eigenvalue weighted by Crippen LogP contribution is 2.17. The van der Waals surface area contributed by atoms with Crippen LogP contribution < -0.4 is 10.6 Å². The molecule has 6 heteroatoms. The molecule has 1 fully saturated rings. The quantitative estimate of drug-likeness (QED) is 0.628. The lowest BCUT2D eigenvalue weighted by atomic mass is 9.93. The minimum Gasteiger partial charge on any atom is -0.385 e. The van der Waals surface area contributed by atoms with Crippen LogP contribution in [0.1, 0.15) is 19.3 Å². The summed E-state index contributed by atoms with van der Waals surface area (Å²) in [6.45, 7) is -0.420. The van der Waals surface area contributed by atoms with E-state index in [9.17, 15) is 13.6 Å². The first-order valence-corrected chi connectivity index (χ1v) is 4.60. The zero-order chi connectivity index (χ0) is 10.6. The summed E-state index contributed by atoms with van der Waals surface area (Å²) in [5, 5.41) is 13.5. The molecular formula is C8H14F2N2O2. The van der Waals surface area contributed by atoms with E-state index in [0.717, 1.165) is 19.3 Å². The highest BCUT2D eigenvalue weighted by atomic mass is 19.3. The number of aliphatic hydroxyl groups is 1. The van der Waals surface area contributed by atoms with Gasteiger partial charge < -0.3 is 15.7 Å². The van der Waals surface area contributed by atoms with Crippen LogP contribution in [0.15, 0.2) is 0 Å². The second-order valence-electron chi connectivity index (χ2n) is 3.38. The molecule has 0 heterocycles. The summed E-state index contributed by atoms with van der Waals surface area (Å²) in [7, 11) is 0. The Morgan fingerprint density at radius 2 is 2.14 bits per heavy atom. The number of urea groups is 1. The number of carbonyl (C=O) groups is 1. The van der Waals surface area contributed by atoms with Crippen molar-refractivity contribution in [2.24, 2.45) is 0 Å². The first-order chi connectivity index (χ1) is 6.59. The van der Waals surface area contributed by atoms with Crippen LogP contribution in [0.4, 0.5) is 13.6 Å². The summed E-state index contributed by atoms with van der Waals surface area (Å²) >= 11 is 0. The smallest absolute Gasteiger partial charge is 0.315 e. The molecule has 1 rings (SSSR count). The van der Waals surface area contributed by atoms with Crippen molar-refractivity contribution in [1.29, 1.82) is 0 Å². The molecule has 1 atom stereocenters. The number of hydrogen-bond acceptors (Lipinski definition) is 2. The summed E-state index contributed by atoms with van der Waals surface area (Å²) in [5.41, 5.74) is 0. The van der Waals surface area contributed by atoms with Crippen molar-refractivity contribution in [2.75, 3.05) is 6.54 Å². The van der Waals surface area contributed by atoms with E-state index in [1.807, 2.05) is 0 Å². The molecule has 0 aromatic rings. The third-order valence-corrected chi connectivity index (χ3v) is 2.20. The predicted molar refractivity (Wildman–Crippen MR) is 46.2 cm³/mol. The van der Waals surface area contributed by atoms with Gasteiger partial charge in [0.1, 0.15) is 6.10 Å². The fourth-order valence-electron chi connectivity index (χ4n) is 1.08. The molecule has 3 N–H and O–H groups in total. The van der Waals surface area contributed by atoms with Gasteiger partial charge in [-0.1, -0.05) is 0 Å². The second-order valence-corrected chi connectivity index (χ2v) is 3.38. The molecule has 4 nitrogen and oxygen atoms in total. The monoisotopic (exact) mass is 208 g/mol. The van der Waals surface area contributed by atoms with Gasteiger partial charge in [-0.2, -0.15) is 0 Å². The molecule has 1 aliphatic carbocycles. The predicted octanol–water partition coefficient (Wildman–Crippen LogP) is 0.464. The summed E-state index contributed by atoms with van der Waals surface area (Å²) < 4.78 is 23.6. The number of amides is 2. The number of nitrogens with one attached hydrogen (secondary N) is 2.